The van der Waals surface area contributed by atoms with E-state index in [1.807, 2.05) is 0 Å². The molecular formula is C13H13N5O4S. The molecular weight excluding hydrogens is 322 g/mol. The summed E-state index contributed by atoms with van der Waals surface area (Å²) < 4.78 is 0.535. The maximum atomic E-state index is 12.1. The number of aromatic nitrogens is 2. The smallest absolute Gasteiger partial charge is 0.322 e. The third-order valence-electron chi connectivity index (χ3n) is 3.41. The summed E-state index contributed by atoms with van der Waals surface area (Å²) in [7, 11) is 1.54. The fourth-order valence-corrected chi connectivity index (χ4v) is 2.97. The van der Waals surface area contributed by atoms with Crippen LogP contribution in [0, 0.1) is 0 Å². The van der Waals surface area contributed by atoms with Crippen molar-refractivity contribution < 1.29 is 14.4 Å². The van der Waals surface area contributed by atoms with Crippen LogP contribution >= 0.6 is 11.3 Å². The quantitative estimate of drug-likeness (QED) is 0.652. The van der Waals surface area contributed by atoms with Crippen LogP contribution in [-0.2, 0) is 16.1 Å². The largest absolute Gasteiger partial charge is 0.338 e. The lowest BCUT2D eigenvalue weighted by atomic mass is 10.2. The molecule has 4 amide bonds. The van der Waals surface area contributed by atoms with Crippen molar-refractivity contribution in [2.75, 3.05) is 7.05 Å². The second-order valence-corrected chi connectivity index (χ2v) is 6.03. The number of carbonyl (C=O) groups excluding carboxylic acids is 3. The first-order chi connectivity index (χ1) is 10.9. The van der Waals surface area contributed by atoms with Crippen molar-refractivity contribution in [3.05, 3.63) is 27.6 Å². The van der Waals surface area contributed by atoms with Crippen molar-refractivity contribution in [3.63, 3.8) is 0 Å². The fraction of sp³-hybridized carbons (Fsp3) is 0.308. The number of urea groups is 1. The second-order valence-electron chi connectivity index (χ2n) is 5.12. The van der Waals surface area contributed by atoms with Gasteiger partial charge in [-0.1, -0.05) is 0 Å². The molecule has 1 saturated heterocycles. The highest BCUT2D eigenvalue weighted by Crippen LogP contribution is 2.14. The van der Waals surface area contributed by atoms with Crippen LogP contribution in [0.5, 0.6) is 0 Å². The number of nitrogens with one attached hydrogen (secondary N) is 3. The molecule has 0 saturated carbocycles. The topological polar surface area (TPSA) is 124 Å². The summed E-state index contributed by atoms with van der Waals surface area (Å²) in [4.78, 5) is 54.7. The van der Waals surface area contributed by atoms with E-state index in [-0.39, 0.29) is 24.4 Å². The molecule has 3 heterocycles. The molecule has 120 valence electrons. The molecule has 1 atom stereocenters. The average Bonchev–Trinajstić information content (AvgIpc) is 3.06. The minimum atomic E-state index is -0.871. The van der Waals surface area contributed by atoms with Crippen molar-refractivity contribution in [1.82, 2.24) is 25.5 Å². The standard InChI is InChI=1S/C13H13N5O4S/c1-18(9(19)4-7-11(20)17-13(22)15-7)5-8-14-6-2-3-23-10(6)12(21)16-8/h2-3,7H,4-5H2,1H3,(H,14,16,21)(H2,15,17,20,22)/t7-/m1/s1. The first-order valence-electron chi connectivity index (χ1n) is 6.76. The molecule has 0 aromatic carbocycles. The minimum Gasteiger partial charge on any atom is -0.338 e. The van der Waals surface area contributed by atoms with Crippen LogP contribution < -0.4 is 16.2 Å². The molecule has 23 heavy (non-hydrogen) atoms. The molecule has 9 nitrogen and oxygen atoms in total. The summed E-state index contributed by atoms with van der Waals surface area (Å²) in [6.07, 6.45) is -0.154. The molecule has 0 radical (unpaired) electrons. The Morgan fingerprint density at radius 2 is 2.17 bits per heavy atom. The van der Waals surface area contributed by atoms with Crippen molar-refractivity contribution in [1.29, 1.82) is 0 Å². The highest BCUT2D eigenvalue weighted by atomic mass is 32.1. The number of hydrogen-bond donors (Lipinski definition) is 3. The number of carbonyl (C=O) groups is 3. The lowest BCUT2D eigenvalue weighted by Crippen LogP contribution is -2.37. The fourth-order valence-electron chi connectivity index (χ4n) is 2.24. The Balaban J connectivity index is 1.68. The van der Waals surface area contributed by atoms with E-state index < -0.39 is 18.0 Å². The lowest BCUT2D eigenvalue weighted by Gasteiger charge is -2.17. The molecule has 2 aromatic rings. The Morgan fingerprint density at radius 1 is 1.39 bits per heavy atom. The Hall–Kier alpha value is -2.75. The Morgan fingerprint density at radius 3 is 2.87 bits per heavy atom. The van der Waals surface area contributed by atoms with Gasteiger partial charge < -0.3 is 15.2 Å². The number of thiophene rings is 1. The van der Waals surface area contributed by atoms with Gasteiger partial charge in [-0.3, -0.25) is 19.7 Å². The van der Waals surface area contributed by atoms with E-state index in [0.717, 1.165) is 0 Å². The molecule has 0 aliphatic carbocycles. The van der Waals surface area contributed by atoms with Gasteiger partial charge in [-0.25, -0.2) is 9.78 Å². The van der Waals surface area contributed by atoms with Crippen LogP contribution in [0.2, 0.25) is 0 Å². The first-order valence-corrected chi connectivity index (χ1v) is 7.63. The predicted octanol–water partition coefficient (Wildman–Crippen LogP) is -0.459. The van der Waals surface area contributed by atoms with Crippen molar-refractivity contribution in [3.8, 4) is 0 Å². The molecule has 3 N–H and O–H groups in total. The van der Waals surface area contributed by atoms with Gasteiger partial charge in [0.1, 0.15) is 16.6 Å². The van der Waals surface area contributed by atoms with Gasteiger partial charge in [0.15, 0.2) is 0 Å². The van der Waals surface area contributed by atoms with E-state index in [4.69, 9.17) is 0 Å². The molecule has 1 aliphatic heterocycles. The highest BCUT2D eigenvalue weighted by Gasteiger charge is 2.32. The van der Waals surface area contributed by atoms with Crippen LogP contribution in [0.25, 0.3) is 10.2 Å². The van der Waals surface area contributed by atoms with Gasteiger partial charge in [0, 0.05) is 7.05 Å². The monoisotopic (exact) mass is 335 g/mol. The number of H-pyrrole nitrogens is 1. The molecule has 0 spiro atoms. The lowest BCUT2D eigenvalue weighted by molar-refractivity contribution is -0.133. The van der Waals surface area contributed by atoms with Gasteiger partial charge in [0.05, 0.1) is 18.5 Å². The second kappa shape index (κ2) is 5.80. The Kier molecular flexibility index (Phi) is 3.82. The van der Waals surface area contributed by atoms with Crippen LogP contribution in [0.1, 0.15) is 12.2 Å². The van der Waals surface area contributed by atoms with Gasteiger partial charge >= 0.3 is 6.03 Å². The van der Waals surface area contributed by atoms with Crippen LogP contribution in [-0.4, -0.2) is 45.8 Å². The molecule has 0 unspecified atom stereocenters. The number of rotatable bonds is 4. The zero-order chi connectivity index (χ0) is 16.6. The zero-order valence-electron chi connectivity index (χ0n) is 12.1. The molecule has 2 aromatic heterocycles. The van der Waals surface area contributed by atoms with E-state index in [9.17, 15) is 19.2 Å². The van der Waals surface area contributed by atoms with E-state index in [2.05, 4.69) is 20.6 Å². The number of aromatic amines is 1. The highest BCUT2D eigenvalue weighted by molar-refractivity contribution is 7.17. The van der Waals surface area contributed by atoms with Gasteiger partial charge in [0.2, 0.25) is 5.91 Å². The Bertz CT molecular complexity index is 857. The molecule has 0 bridgehead atoms. The third kappa shape index (κ3) is 3.06. The SMILES string of the molecule is CN(Cc1nc2ccsc2c(=O)[nH]1)C(=O)C[C@H]1NC(=O)NC1=O. The van der Waals surface area contributed by atoms with Gasteiger partial charge in [-0.05, 0) is 11.4 Å². The van der Waals surface area contributed by atoms with Gasteiger partial charge in [0.25, 0.3) is 11.5 Å². The third-order valence-corrected chi connectivity index (χ3v) is 4.32. The summed E-state index contributed by atoms with van der Waals surface area (Å²) >= 11 is 1.30. The normalized spacial score (nSPS) is 17.2. The van der Waals surface area contributed by atoms with Crippen LogP contribution in [0.4, 0.5) is 4.79 Å². The summed E-state index contributed by atoms with van der Waals surface area (Å²) in [5, 5.41) is 6.20. The maximum Gasteiger partial charge on any atom is 0.322 e. The van der Waals surface area contributed by atoms with Gasteiger partial charge in [-0.2, -0.15) is 0 Å². The molecule has 3 rings (SSSR count). The molecule has 1 aliphatic rings. The Labute approximate surface area is 133 Å². The van der Waals surface area contributed by atoms with Crippen LogP contribution in [0.3, 0.4) is 0 Å². The summed E-state index contributed by atoms with van der Waals surface area (Å²) in [6, 6.07) is 0.257. The number of hydrogen-bond acceptors (Lipinski definition) is 6. The minimum absolute atomic E-state index is 0.0994. The summed E-state index contributed by atoms with van der Waals surface area (Å²) in [5.74, 6) is -0.514. The number of amides is 4. The number of fused-ring (bicyclic) bond motifs is 1. The van der Waals surface area contributed by atoms with Crippen molar-refractivity contribution in [2.24, 2.45) is 0 Å². The number of imide groups is 1. The van der Waals surface area contributed by atoms with E-state index in [0.29, 0.717) is 16.0 Å². The van der Waals surface area contributed by atoms with Crippen molar-refractivity contribution >= 4 is 39.4 Å². The average molecular weight is 335 g/mol. The summed E-state index contributed by atoms with van der Waals surface area (Å²) in [6.45, 7) is 0.0994. The molecule has 10 heteroatoms. The van der Waals surface area contributed by atoms with E-state index in [1.165, 1.54) is 23.3 Å². The van der Waals surface area contributed by atoms with E-state index >= 15 is 0 Å². The maximum absolute atomic E-state index is 12.1. The first kappa shape index (κ1) is 15.2. The van der Waals surface area contributed by atoms with E-state index in [1.54, 1.807) is 11.4 Å². The van der Waals surface area contributed by atoms with Crippen molar-refractivity contribution in [2.45, 2.75) is 19.0 Å². The van der Waals surface area contributed by atoms with Gasteiger partial charge in [-0.15, -0.1) is 11.3 Å². The van der Waals surface area contributed by atoms with Crippen LogP contribution in [0.15, 0.2) is 16.2 Å². The number of nitrogens with zero attached hydrogens (tertiary/aromatic N) is 2. The zero-order valence-corrected chi connectivity index (χ0v) is 12.9. The summed E-state index contributed by atoms with van der Waals surface area (Å²) in [5.41, 5.74) is 0.334. The molecule has 1 fully saturated rings. The predicted molar refractivity (Wildman–Crippen MR) is 81.8 cm³/mol.